The third kappa shape index (κ3) is 5.41. The molecule has 8 nitrogen and oxygen atoms in total. The highest BCUT2D eigenvalue weighted by molar-refractivity contribution is 7.12. The molecule has 2 aromatic carbocycles. The Morgan fingerprint density at radius 1 is 0.917 bits per heavy atom. The van der Waals surface area contributed by atoms with E-state index in [0.29, 0.717) is 10.4 Å². The maximum atomic E-state index is 13.5. The highest BCUT2D eigenvalue weighted by atomic mass is 32.1. The van der Waals surface area contributed by atoms with Crippen molar-refractivity contribution in [1.29, 1.82) is 0 Å². The molecule has 1 aliphatic rings. The molecule has 0 saturated carbocycles. The Morgan fingerprint density at radius 3 is 2.06 bits per heavy atom. The van der Waals surface area contributed by atoms with Gasteiger partial charge in [0, 0.05) is 18.7 Å². The average molecular weight is 514 g/mol. The zero-order chi connectivity index (χ0) is 25.8. The highest BCUT2D eigenvalue weighted by Crippen LogP contribution is 2.25. The Bertz CT molecular complexity index is 1270. The van der Waals surface area contributed by atoms with Gasteiger partial charge in [0.25, 0.3) is 17.7 Å². The minimum absolute atomic E-state index is 0.0333. The molecular formula is C25H21F2N3O5S. The van der Waals surface area contributed by atoms with E-state index in [9.17, 15) is 33.1 Å². The number of hydrogen-bond acceptors (Lipinski definition) is 5. The van der Waals surface area contributed by atoms with Gasteiger partial charge in [0.05, 0.1) is 17.3 Å². The van der Waals surface area contributed by atoms with Gasteiger partial charge in [-0.2, -0.15) is 0 Å². The van der Waals surface area contributed by atoms with Crippen molar-refractivity contribution in [2.24, 2.45) is 0 Å². The number of thiophene rings is 1. The van der Waals surface area contributed by atoms with Crippen LogP contribution in [0.2, 0.25) is 0 Å². The molecule has 0 aliphatic carbocycles. The molecule has 36 heavy (non-hydrogen) atoms. The van der Waals surface area contributed by atoms with Gasteiger partial charge >= 0.3 is 5.97 Å². The van der Waals surface area contributed by atoms with Crippen molar-refractivity contribution in [2.45, 2.75) is 18.6 Å². The monoisotopic (exact) mass is 513 g/mol. The lowest BCUT2D eigenvalue weighted by atomic mass is 10.0. The van der Waals surface area contributed by atoms with Crippen molar-refractivity contribution in [1.82, 2.24) is 15.1 Å². The van der Waals surface area contributed by atoms with Crippen molar-refractivity contribution >= 4 is 35.0 Å². The number of carboxylic acid groups (broad SMARTS) is 1. The number of carbonyl (C=O) groups is 4. The molecule has 2 atom stereocenters. The number of hydrogen-bond donors (Lipinski definition) is 2. The Morgan fingerprint density at radius 2 is 1.50 bits per heavy atom. The second-order valence-electron chi connectivity index (χ2n) is 8.07. The normalized spacial score (nSPS) is 16.0. The van der Waals surface area contributed by atoms with Crippen LogP contribution in [-0.4, -0.2) is 57.9 Å². The van der Waals surface area contributed by atoms with Crippen LogP contribution in [0.4, 0.5) is 8.78 Å². The zero-order valence-corrected chi connectivity index (χ0v) is 19.6. The van der Waals surface area contributed by atoms with E-state index in [4.69, 9.17) is 0 Å². The number of amides is 3. The van der Waals surface area contributed by atoms with E-state index in [-0.39, 0.29) is 18.7 Å². The predicted octanol–water partition coefficient (Wildman–Crippen LogP) is 3.28. The van der Waals surface area contributed by atoms with Crippen LogP contribution >= 0.6 is 11.3 Å². The van der Waals surface area contributed by atoms with Crippen molar-refractivity contribution in [3.63, 3.8) is 0 Å². The minimum atomic E-state index is -1.38. The lowest BCUT2D eigenvalue weighted by molar-refractivity contribution is -0.138. The summed E-state index contributed by atoms with van der Waals surface area (Å²) in [5.74, 6) is -4.10. The van der Waals surface area contributed by atoms with Crippen LogP contribution in [0.3, 0.4) is 0 Å². The summed E-state index contributed by atoms with van der Waals surface area (Å²) in [6.45, 7) is 0.0907. The molecule has 0 bridgehead atoms. The van der Waals surface area contributed by atoms with Gasteiger partial charge in [-0.1, -0.05) is 18.2 Å². The molecular weight excluding hydrogens is 492 g/mol. The molecule has 4 rings (SSSR count). The Balaban J connectivity index is 1.66. The van der Waals surface area contributed by atoms with Gasteiger partial charge in [-0.3, -0.25) is 19.2 Å². The fourth-order valence-electron chi connectivity index (χ4n) is 4.00. The van der Waals surface area contributed by atoms with Gasteiger partial charge in [-0.25, -0.2) is 8.78 Å². The van der Waals surface area contributed by atoms with Crippen LogP contribution in [0, 0.1) is 11.6 Å². The first-order chi connectivity index (χ1) is 17.2. The molecule has 1 saturated heterocycles. The summed E-state index contributed by atoms with van der Waals surface area (Å²) in [4.78, 5) is 54.2. The Labute approximate surface area is 208 Å². The molecule has 1 aromatic heterocycles. The van der Waals surface area contributed by atoms with Gasteiger partial charge in [0.2, 0.25) is 0 Å². The number of nitrogens with one attached hydrogen (secondary N) is 1. The molecule has 2 unspecified atom stereocenters. The summed E-state index contributed by atoms with van der Waals surface area (Å²) in [5, 5.41) is 13.7. The minimum Gasteiger partial charge on any atom is -0.481 e. The molecule has 0 radical (unpaired) electrons. The van der Waals surface area contributed by atoms with E-state index < -0.39 is 54.0 Å². The molecule has 11 heteroatoms. The van der Waals surface area contributed by atoms with Crippen LogP contribution in [0.1, 0.15) is 38.1 Å². The highest BCUT2D eigenvalue weighted by Gasteiger charge is 2.44. The van der Waals surface area contributed by atoms with Gasteiger partial charge in [-0.15, -0.1) is 11.3 Å². The Kier molecular flexibility index (Phi) is 7.39. The number of rotatable bonds is 7. The van der Waals surface area contributed by atoms with E-state index in [2.05, 4.69) is 5.32 Å². The van der Waals surface area contributed by atoms with Crippen LogP contribution in [-0.2, 0) is 9.59 Å². The van der Waals surface area contributed by atoms with E-state index in [1.807, 2.05) is 0 Å². The fourth-order valence-corrected chi connectivity index (χ4v) is 4.68. The summed E-state index contributed by atoms with van der Waals surface area (Å²) in [5.41, 5.74) is 0.470. The predicted molar refractivity (Wildman–Crippen MR) is 126 cm³/mol. The van der Waals surface area contributed by atoms with Crippen LogP contribution < -0.4 is 5.32 Å². The van der Waals surface area contributed by atoms with E-state index in [1.165, 1.54) is 45.4 Å². The zero-order valence-electron chi connectivity index (χ0n) is 18.8. The smallest absolute Gasteiger partial charge is 0.305 e. The standard InChI is InChI=1S/C25H21F2N3O5S/c26-17-7-3-15(4-8-17)19(14-21(31)32)28-22(33)23-29(24(34)16-5-9-18(27)10-6-16)11-12-30(23)25(35)20-2-1-13-36-20/h1-10,13,19,23H,11-12,14H2,(H,28,33)(H,31,32). The van der Waals surface area contributed by atoms with Crippen molar-refractivity contribution in [2.75, 3.05) is 13.1 Å². The summed E-state index contributed by atoms with van der Waals surface area (Å²) in [6, 6.07) is 12.0. The van der Waals surface area contributed by atoms with Gasteiger partial charge in [0.1, 0.15) is 11.6 Å². The number of aliphatic carboxylic acids is 1. The topological polar surface area (TPSA) is 107 Å². The number of nitrogens with zero attached hydrogens (tertiary/aromatic N) is 2. The lowest BCUT2D eigenvalue weighted by Crippen LogP contribution is -2.54. The van der Waals surface area contributed by atoms with E-state index in [1.54, 1.807) is 17.5 Å². The fraction of sp³-hybridized carbons (Fsp3) is 0.200. The molecule has 2 heterocycles. The Hall–Kier alpha value is -4.12. The molecule has 2 N–H and O–H groups in total. The lowest BCUT2D eigenvalue weighted by Gasteiger charge is -2.30. The average Bonchev–Trinajstić information content (AvgIpc) is 3.54. The number of carboxylic acids is 1. The molecule has 0 spiro atoms. The third-order valence-electron chi connectivity index (χ3n) is 5.72. The van der Waals surface area contributed by atoms with Gasteiger partial charge in [-0.05, 0) is 53.4 Å². The maximum Gasteiger partial charge on any atom is 0.305 e. The maximum absolute atomic E-state index is 13.5. The molecule has 186 valence electrons. The third-order valence-corrected chi connectivity index (χ3v) is 6.58. The van der Waals surface area contributed by atoms with E-state index in [0.717, 1.165) is 24.3 Å². The van der Waals surface area contributed by atoms with Crippen LogP contribution in [0.25, 0.3) is 0 Å². The first-order valence-corrected chi connectivity index (χ1v) is 11.8. The number of benzene rings is 2. The van der Waals surface area contributed by atoms with Crippen LogP contribution in [0.5, 0.6) is 0 Å². The van der Waals surface area contributed by atoms with Crippen molar-refractivity contribution in [3.8, 4) is 0 Å². The molecule has 3 amide bonds. The second-order valence-corrected chi connectivity index (χ2v) is 9.01. The quantitative estimate of drug-likeness (QED) is 0.504. The van der Waals surface area contributed by atoms with Crippen molar-refractivity contribution < 1.29 is 33.1 Å². The summed E-state index contributed by atoms with van der Waals surface area (Å²) >= 11 is 1.18. The van der Waals surface area contributed by atoms with Gasteiger partial charge < -0.3 is 20.2 Å². The molecule has 1 aliphatic heterocycles. The molecule has 3 aromatic rings. The van der Waals surface area contributed by atoms with Gasteiger partial charge in [0.15, 0.2) is 6.17 Å². The second kappa shape index (κ2) is 10.6. The van der Waals surface area contributed by atoms with E-state index >= 15 is 0 Å². The SMILES string of the molecule is O=C(O)CC(NC(=O)C1N(C(=O)c2ccc(F)cc2)CCN1C(=O)c1cccs1)c1ccc(F)cc1. The first kappa shape index (κ1) is 25.0. The number of halogens is 2. The summed E-state index contributed by atoms with van der Waals surface area (Å²) in [7, 11) is 0. The number of carbonyl (C=O) groups excluding carboxylic acids is 3. The van der Waals surface area contributed by atoms with Crippen molar-refractivity contribution in [3.05, 3.63) is 93.7 Å². The molecule has 1 fully saturated rings. The summed E-state index contributed by atoms with van der Waals surface area (Å²) in [6.07, 6.45) is -1.89. The summed E-state index contributed by atoms with van der Waals surface area (Å²) < 4.78 is 26.8. The largest absolute Gasteiger partial charge is 0.481 e. The van der Waals surface area contributed by atoms with Crippen LogP contribution in [0.15, 0.2) is 66.0 Å². The first-order valence-electron chi connectivity index (χ1n) is 10.9.